The van der Waals surface area contributed by atoms with Crippen LogP contribution < -0.4 is 4.72 Å². The van der Waals surface area contributed by atoms with Gasteiger partial charge in [-0.3, -0.25) is 4.79 Å². The van der Waals surface area contributed by atoms with Crippen molar-refractivity contribution in [3.8, 4) is 5.69 Å². The molecule has 0 bridgehead atoms. The van der Waals surface area contributed by atoms with E-state index in [1.165, 1.54) is 28.9 Å². The lowest BCUT2D eigenvalue weighted by Crippen LogP contribution is -2.34. The Morgan fingerprint density at radius 1 is 1.27 bits per heavy atom. The minimum atomic E-state index is -3.80. The minimum absolute atomic E-state index is 0.0321. The number of benzene rings is 1. The van der Waals surface area contributed by atoms with Crippen LogP contribution in [0.5, 0.6) is 0 Å². The Balaban J connectivity index is 2.26. The molecule has 1 N–H and O–H groups in total. The van der Waals surface area contributed by atoms with Gasteiger partial charge in [0.2, 0.25) is 10.0 Å². The first-order chi connectivity index (χ1) is 11.9. The molecular formula is C17H21ClFN3O3S. The van der Waals surface area contributed by atoms with Gasteiger partial charge in [-0.25, -0.2) is 22.2 Å². The third kappa shape index (κ3) is 5.04. The molecule has 142 valence electrons. The number of aromatic nitrogens is 2. The molecular weight excluding hydrogens is 381 g/mol. The number of rotatable bonds is 5. The molecule has 0 aliphatic heterocycles. The van der Waals surface area contributed by atoms with Gasteiger partial charge in [0.15, 0.2) is 0 Å². The van der Waals surface area contributed by atoms with E-state index in [-0.39, 0.29) is 27.6 Å². The molecule has 0 saturated carbocycles. The molecule has 0 radical (unpaired) electrons. The summed E-state index contributed by atoms with van der Waals surface area (Å²) in [5.41, 5.74) is 0.506. The highest BCUT2D eigenvalue weighted by atomic mass is 35.5. The highest BCUT2D eigenvalue weighted by molar-refractivity contribution is 7.90. The molecule has 1 aromatic heterocycles. The van der Waals surface area contributed by atoms with Gasteiger partial charge in [-0.05, 0) is 43.0 Å². The molecule has 1 amide bonds. The zero-order valence-electron chi connectivity index (χ0n) is 15.0. The predicted molar refractivity (Wildman–Crippen MR) is 98.6 cm³/mol. The van der Waals surface area contributed by atoms with Crippen molar-refractivity contribution in [2.45, 2.75) is 34.1 Å². The van der Waals surface area contributed by atoms with Crippen molar-refractivity contribution in [2.75, 3.05) is 5.75 Å². The van der Waals surface area contributed by atoms with E-state index in [0.717, 1.165) is 0 Å². The van der Waals surface area contributed by atoms with E-state index in [4.69, 9.17) is 11.6 Å². The summed E-state index contributed by atoms with van der Waals surface area (Å²) in [7, 11) is -3.80. The van der Waals surface area contributed by atoms with Crippen LogP contribution in [-0.2, 0) is 10.0 Å². The fourth-order valence-corrected chi connectivity index (χ4v) is 3.92. The van der Waals surface area contributed by atoms with Crippen molar-refractivity contribution in [3.05, 3.63) is 46.5 Å². The zero-order chi connectivity index (χ0) is 19.7. The number of nitrogens with one attached hydrogen (secondary N) is 1. The van der Waals surface area contributed by atoms with Gasteiger partial charge in [-0.15, -0.1) is 0 Å². The summed E-state index contributed by atoms with van der Waals surface area (Å²) in [5, 5.41) is 4.11. The predicted octanol–water partition coefficient (Wildman–Crippen LogP) is 3.47. The van der Waals surface area contributed by atoms with E-state index in [0.29, 0.717) is 12.1 Å². The third-order valence-corrected chi connectivity index (χ3v) is 5.26. The summed E-state index contributed by atoms with van der Waals surface area (Å²) < 4.78 is 40.7. The van der Waals surface area contributed by atoms with Crippen molar-refractivity contribution in [1.82, 2.24) is 14.5 Å². The number of sulfonamides is 1. The van der Waals surface area contributed by atoms with Crippen LogP contribution in [0.2, 0.25) is 5.15 Å². The van der Waals surface area contributed by atoms with E-state index in [1.807, 2.05) is 25.5 Å². The van der Waals surface area contributed by atoms with Crippen LogP contribution in [0.25, 0.3) is 5.69 Å². The molecule has 0 fully saturated rings. The minimum Gasteiger partial charge on any atom is -0.268 e. The lowest BCUT2D eigenvalue weighted by molar-refractivity contribution is 0.0981. The van der Waals surface area contributed by atoms with Crippen molar-refractivity contribution in [2.24, 2.45) is 5.41 Å². The number of carbonyl (C=O) groups is 1. The molecule has 2 aromatic rings. The van der Waals surface area contributed by atoms with Crippen LogP contribution >= 0.6 is 11.6 Å². The standard InChI is InChI=1S/C17H21ClFN3O3S/c1-11-14(16(23)21-26(24,25)10-9-17(2,3)4)15(18)22(20-11)13-7-5-12(19)6-8-13/h5-8H,9-10H2,1-4H3,(H,21,23). The number of aryl methyl sites for hydroxylation is 1. The zero-order valence-corrected chi connectivity index (χ0v) is 16.6. The monoisotopic (exact) mass is 401 g/mol. The smallest absolute Gasteiger partial charge is 0.268 e. The van der Waals surface area contributed by atoms with Crippen molar-refractivity contribution in [1.29, 1.82) is 0 Å². The van der Waals surface area contributed by atoms with Crippen molar-refractivity contribution < 1.29 is 17.6 Å². The first-order valence-electron chi connectivity index (χ1n) is 7.95. The summed E-state index contributed by atoms with van der Waals surface area (Å²) in [6.45, 7) is 7.29. The van der Waals surface area contributed by atoms with E-state index >= 15 is 0 Å². The Bertz CT molecular complexity index is 916. The van der Waals surface area contributed by atoms with Gasteiger partial charge >= 0.3 is 0 Å². The average molecular weight is 402 g/mol. The lowest BCUT2D eigenvalue weighted by Gasteiger charge is -2.17. The maximum Gasteiger partial charge on any atom is 0.269 e. The Hall–Kier alpha value is -1.93. The van der Waals surface area contributed by atoms with Crippen LogP contribution in [0.1, 0.15) is 43.2 Å². The van der Waals surface area contributed by atoms with E-state index in [9.17, 15) is 17.6 Å². The van der Waals surface area contributed by atoms with E-state index in [2.05, 4.69) is 5.10 Å². The van der Waals surface area contributed by atoms with Gasteiger partial charge in [0.05, 0.1) is 17.1 Å². The molecule has 0 saturated heterocycles. The molecule has 1 aromatic carbocycles. The molecule has 26 heavy (non-hydrogen) atoms. The van der Waals surface area contributed by atoms with Gasteiger partial charge in [0.1, 0.15) is 16.5 Å². The second-order valence-electron chi connectivity index (χ2n) is 7.20. The molecule has 0 spiro atoms. The molecule has 2 rings (SSSR count). The average Bonchev–Trinajstić information content (AvgIpc) is 2.80. The summed E-state index contributed by atoms with van der Waals surface area (Å²) in [5.74, 6) is -1.43. The van der Waals surface area contributed by atoms with Gasteiger partial charge in [-0.2, -0.15) is 5.10 Å². The maximum atomic E-state index is 13.1. The summed E-state index contributed by atoms with van der Waals surface area (Å²) in [4.78, 5) is 12.4. The second-order valence-corrected chi connectivity index (χ2v) is 9.40. The van der Waals surface area contributed by atoms with Crippen LogP contribution in [0.15, 0.2) is 24.3 Å². The first kappa shape index (κ1) is 20.4. The van der Waals surface area contributed by atoms with Crippen molar-refractivity contribution in [3.63, 3.8) is 0 Å². The Kier molecular flexibility index (Phi) is 5.77. The maximum absolute atomic E-state index is 13.1. The van der Waals surface area contributed by atoms with E-state index < -0.39 is 21.7 Å². The fraction of sp³-hybridized carbons (Fsp3) is 0.412. The number of hydrogen-bond acceptors (Lipinski definition) is 4. The number of amides is 1. The van der Waals surface area contributed by atoms with Gasteiger partial charge in [0.25, 0.3) is 5.91 Å². The third-order valence-electron chi connectivity index (χ3n) is 3.67. The fourth-order valence-electron chi connectivity index (χ4n) is 2.19. The molecule has 0 aliphatic rings. The Labute approximate surface area is 157 Å². The number of nitrogens with zero attached hydrogens (tertiary/aromatic N) is 2. The summed E-state index contributed by atoms with van der Waals surface area (Å²) in [6, 6.07) is 5.38. The number of halogens is 2. The molecule has 0 unspecified atom stereocenters. The quantitative estimate of drug-likeness (QED) is 0.831. The van der Waals surface area contributed by atoms with Gasteiger partial charge in [0, 0.05) is 0 Å². The summed E-state index contributed by atoms with van der Waals surface area (Å²) in [6.07, 6.45) is 0.400. The van der Waals surface area contributed by atoms with Crippen LogP contribution in [0.4, 0.5) is 4.39 Å². The highest BCUT2D eigenvalue weighted by Gasteiger charge is 2.26. The molecule has 9 heteroatoms. The Morgan fingerprint density at radius 2 is 1.85 bits per heavy atom. The number of carbonyl (C=O) groups excluding carboxylic acids is 1. The van der Waals surface area contributed by atoms with Gasteiger partial charge < -0.3 is 0 Å². The molecule has 6 nitrogen and oxygen atoms in total. The largest absolute Gasteiger partial charge is 0.269 e. The summed E-state index contributed by atoms with van der Waals surface area (Å²) >= 11 is 6.23. The number of hydrogen-bond donors (Lipinski definition) is 1. The van der Waals surface area contributed by atoms with Gasteiger partial charge in [-0.1, -0.05) is 32.4 Å². The van der Waals surface area contributed by atoms with E-state index in [1.54, 1.807) is 6.92 Å². The highest BCUT2D eigenvalue weighted by Crippen LogP contribution is 2.24. The SMILES string of the molecule is Cc1nn(-c2ccc(F)cc2)c(Cl)c1C(=O)NS(=O)(=O)CCC(C)(C)C. The molecule has 0 aliphatic carbocycles. The normalized spacial score (nSPS) is 12.2. The second kappa shape index (κ2) is 7.36. The van der Waals surface area contributed by atoms with Crippen LogP contribution in [-0.4, -0.2) is 29.9 Å². The van der Waals surface area contributed by atoms with Crippen molar-refractivity contribution >= 4 is 27.5 Å². The first-order valence-corrected chi connectivity index (χ1v) is 9.98. The molecule has 1 heterocycles. The van der Waals surface area contributed by atoms with Crippen LogP contribution in [0, 0.1) is 18.2 Å². The Morgan fingerprint density at radius 3 is 2.38 bits per heavy atom. The topological polar surface area (TPSA) is 81.1 Å². The lowest BCUT2D eigenvalue weighted by atomic mass is 9.94. The molecule has 0 atom stereocenters. The van der Waals surface area contributed by atoms with Crippen LogP contribution in [0.3, 0.4) is 0 Å².